The van der Waals surface area contributed by atoms with Crippen LogP contribution in [0.2, 0.25) is 0 Å². The number of amides is 3. The van der Waals surface area contributed by atoms with Crippen LogP contribution < -0.4 is 10.2 Å². The van der Waals surface area contributed by atoms with Crippen molar-refractivity contribution >= 4 is 17.6 Å². The second-order valence-corrected chi connectivity index (χ2v) is 6.37. The maximum Gasteiger partial charge on any atom is 0.321 e. The average molecular weight is 336 g/mol. The number of hydrogen-bond acceptors (Lipinski definition) is 3. The monoisotopic (exact) mass is 336 g/mol. The van der Waals surface area contributed by atoms with E-state index in [1.807, 2.05) is 41.3 Å². The Morgan fingerprint density at radius 1 is 1.08 bits per heavy atom. The van der Waals surface area contributed by atoms with Gasteiger partial charge >= 0.3 is 6.03 Å². The molecule has 0 bridgehead atoms. The molecule has 3 heterocycles. The Hall–Kier alpha value is -2.89. The highest BCUT2D eigenvalue weighted by atomic mass is 16.2. The van der Waals surface area contributed by atoms with Crippen LogP contribution in [0.5, 0.6) is 0 Å². The molecule has 0 spiro atoms. The van der Waals surface area contributed by atoms with Gasteiger partial charge in [-0.25, -0.2) is 4.79 Å². The number of urea groups is 1. The molecule has 1 unspecified atom stereocenters. The van der Waals surface area contributed by atoms with Gasteiger partial charge in [-0.3, -0.25) is 14.7 Å². The number of hydrogen-bond donors (Lipinski definition) is 1. The average Bonchev–Trinajstić information content (AvgIpc) is 3.31. The second-order valence-electron chi connectivity index (χ2n) is 6.37. The Bertz CT molecular complexity index is 776. The number of anilines is 1. The van der Waals surface area contributed by atoms with Gasteiger partial charge in [0, 0.05) is 43.3 Å². The van der Waals surface area contributed by atoms with Crippen LogP contribution in [0.25, 0.3) is 0 Å². The molecule has 128 valence electrons. The van der Waals surface area contributed by atoms with E-state index >= 15 is 0 Å². The fourth-order valence-corrected chi connectivity index (χ4v) is 3.61. The van der Waals surface area contributed by atoms with Gasteiger partial charge in [0.25, 0.3) is 5.91 Å². The minimum absolute atomic E-state index is 0.0386. The Morgan fingerprint density at radius 2 is 1.84 bits per heavy atom. The van der Waals surface area contributed by atoms with E-state index in [9.17, 15) is 9.59 Å². The van der Waals surface area contributed by atoms with Crippen molar-refractivity contribution in [2.75, 3.05) is 24.5 Å². The Balaban J connectivity index is 1.53. The zero-order valence-electron chi connectivity index (χ0n) is 13.9. The van der Waals surface area contributed by atoms with Crippen molar-refractivity contribution in [2.45, 2.75) is 18.9 Å². The molecule has 0 saturated carbocycles. The third-order valence-corrected chi connectivity index (χ3v) is 4.89. The number of rotatable bonds is 3. The molecule has 2 saturated heterocycles. The second kappa shape index (κ2) is 6.55. The Morgan fingerprint density at radius 3 is 2.52 bits per heavy atom. The fraction of sp³-hybridized carbons (Fsp3) is 0.316. The van der Waals surface area contributed by atoms with Crippen LogP contribution in [-0.4, -0.2) is 41.5 Å². The van der Waals surface area contributed by atoms with E-state index < -0.39 is 0 Å². The molecule has 2 aliphatic rings. The van der Waals surface area contributed by atoms with Crippen LogP contribution >= 0.6 is 0 Å². The molecule has 25 heavy (non-hydrogen) atoms. The smallest absolute Gasteiger partial charge is 0.321 e. The minimum atomic E-state index is -0.0867. The zero-order chi connectivity index (χ0) is 17.2. The number of likely N-dealkylation sites (tertiary alicyclic amines) is 1. The lowest BCUT2D eigenvalue weighted by Crippen LogP contribution is -2.31. The number of benzene rings is 1. The fourth-order valence-electron chi connectivity index (χ4n) is 3.61. The quantitative estimate of drug-likeness (QED) is 0.937. The van der Waals surface area contributed by atoms with Crippen molar-refractivity contribution in [2.24, 2.45) is 0 Å². The standard InChI is InChI=1S/C19H20N4O2/c24-18(23-12-1-2-17(23)14-7-9-20-10-8-14)15-3-5-16(6-4-15)22-13-11-21-19(22)25/h3-10,17H,1-2,11-13H2,(H,21,25). The molecule has 6 heteroatoms. The Kier molecular flexibility index (Phi) is 4.09. The number of carbonyl (C=O) groups is 2. The summed E-state index contributed by atoms with van der Waals surface area (Å²) in [6, 6.07) is 11.3. The van der Waals surface area contributed by atoms with E-state index in [-0.39, 0.29) is 18.0 Å². The number of nitrogens with one attached hydrogen (secondary N) is 1. The molecule has 3 amide bonds. The van der Waals surface area contributed by atoms with Gasteiger partial charge in [-0.1, -0.05) is 0 Å². The summed E-state index contributed by atoms with van der Waals surface area (Å²) in [7, 11) is 0. The molecular formula is C19H20N4O2. The van der Waals surface area contributed by atoms with Gasteiger partial charge in [-0.15, -0.1) is 0 Å². The molecular weight excluding hydrogens is 316 g/mol. The number of pyridine rings is 1. The van der Waals surface area contributed by atoms with Gasteiger partial charge < -0.3 is 10.2 Å². The van der Waals surface area contributed by atoms with Crippen molar-refractivity contribution < 1.29 is 9.59 Å². The lowest BCUT2D eigenvalue weighted by atomic mass is 10.1. The number of aromatic nitrogens is 1. The van der Waals surface area contributed by atoms with Gasteiger partial charge in [-0.2, -0.15) is 0 Å². The summed E-state index contributed by atoms with van der Waals surface area (Å²) in [6.45, 7) is 2.07. The highest BCUT2D eigenvalue weighted by Crippen LogP contribution is 2.33. The first-order valence-corrected chi connectivity index (χ1v) is 8.60. The molecule has 1 aromatic carbocycles. The zero-order valence-corrected chi connectivity index (χ0v) is 13.9. The highest BCUT2D eigenvalue weighted by molar-refractivity contribution is 5.97. The predicted octanol–water partition coefficient (Wildman–Crippen LogP) is 2.59. The molecule has 4 rings (SSSR count). The van der Waals surface area contributed by atoms with E-state index in [4.69, 9.17) is 0 Å². The van der Waals surface area contributed by atoms with E-state index in [0.29, 0.717) is 18.7 Å². The van der Waals surface area contributed by atoms with Gasteiger partial charge in [0.05, 0.1) is 6.04 Å². The predicted molar refractivity (Wildman–Crippen MR) is 94.4 cm³/mol. The van der Waals surface area contributed by atoms with Crippen LogP contribution in [0, 0.1) is 0 Å². The summed E-state index contributed by atoms with van der Waals surface area (Å²) >= 11 is 0. The normalized spacial score (nSPS) is 20.0. The van der Waals surface area contributed by atoms with Crippen LogP contribution in [-0.2, 0) is 0 Å². The molecule has 0 aliphatic carbocycles. The first kappa shape index (κ1) is 15.6. The molecule has 2 fully saturated rings. The van der Waals surface area contributed by atoms with Crippen molar-refractivity contribution in [3.05, 3.63) is 59.9 Å². The van der Waals surface area contributed by atoms with Gasteiger partial charge in [0.15, 0.2) is 0 Å². The van der Waals surface area contributed by atoms with E-state index in [0.717, 1.165) is 30.6 Å². The lowest BCUT2D eigenvalue weighted by Gasteiger charge is -2.25. The summed E-state index contributed by atoms with van der Waals surface area (Å²) in [5.41, 5.74) is 2.61. The van der Waals surface area contributed by atoms with E-state index in [1.54, 1.807) is 17.3 Å². The third-order valence-electron chi connectivity index (χ3n) is 4.89. The van der Waals surface area contributed by atoms with E-state index in [1.165, 1.54) is 0 Å². The van der Waals surface area contributed by atoms with Crippen molar-refractivity contribution in [1.29, 1.82) is 0 Å². The first-order chi connectivity index (χ1) is 12.2. The van der Waals surface area contributed by atoms with Gasteiger partial charge in [-0.05, 0) is 54.8 Å². The van der Waals surface area contributed by atoms with Crippen LogP contribution in [0.1, 0.15) is 34.8 Å². The third kappa shape index (κ3) is 2.95. The SMILES string of the molecule is O=C1NCCN1c1ccc(C(=O)N2CCCC2c2ccncc2)cc1. The summed E-state index contributed by atoms with van der Waals surface area (Å²) in [5.74, 6) is 0.0386. The van der Waals surface area contributed by atoms with Gasteiger partial charge in [0.2, 0.25) is 0 Å². The molecule has 1 atom stereocenters. The molecule has 1 aromatic heterocycles. The largest absolute Gasteiger partial charge is 0.336 e. The van der Waals surface area contributed by atoms with E-state index in [2.05, 4.69) is 10.3 Å². The number of nitrogens with zero attached hydrogens (tertiary/aromatic N) is 3. The van der Waals surface area contributed by atoms with Crippen molar-refractivity contribution in [1.82, 2.24) is 15.2 Å². The summed E-state index contributed by atoms with van der Waals surface area (Å²) in [5, 5.41) is 2.78. The van der Waals surface area contributed by atoms with Gasteiger partial charge in [0.1, 0.15) is 0 Å². The minimum Gasteiger partial charge on any atom is -0.336 e. The summed E-state index contributed by atoms with van der Waals surface area (Å²) in [6.07, 6.45) is 5.52. The van der Waals surface area contributed by atoms with Crippen LogP contribution in [0.15, 0.2) is 48.8 Å². The number of carbonyl (C=O) groups excluding carboxylic acids is 2. The molecule has 1 N–H and O–H groups in total. The lowest BCUT2D eigenvalue weighted by molar-refractivity contribution is 0.0735. The van der Waals surface area contributed by atoms with Crippen molar-refractivity contribution in [3.8, 4) is 0 Å². The molecule has 6 nitrogen and oxygen atoms in total. The topological polar surface area (TPSA) is 65.5 Å². The molecule has 0 radical (unpaired) electrons. The first-order valence-electron chi connectivity index (χ1n) is 8.60. The highest BCUT2D eigenvalue weighted by Gasteiger charge is 2.30. The Labute approximate surface area is 146 Å². The van der Waals surface area contributed by atoms with Crippen LogP contribution in [0.3, 0.4) is 0 Å². The maximum absolute atomic E-state index is 12.9. The summed E-state index contributed by atoms with van der Waals surface area (Å²) < 4.78 is 0. The van der Waals surface area contributed by atoms with Crippen molar-refractivity contribution in [3.63, 3.8) is 0 Å². The molecule has 2 aliphatic heterocycles. The summed E-state index contributed by atoms with van der Waals surface area (Å²) in [4.78, 5) is 32.4. The maximum atomic E-state index is 12.9. The molecule has 2 aromatic rings. The van der Waals surface area contributed by atoms with Crippen LogP contribution in [0.4, 0.5) is 10.5 Å².